The minimum atomic E-state index is -0.450. The molecule has 0 aliphatic rings. The summed E-state index contributed by atoms with van der Waals surface area (Å²) in [6, 6.07) is 6.86. The molecule has 0 atom stereocenters. The average Bonchev–Trinajstić information content (AvgIpc) is 3.01. The maximum absolute atomic E-state index is 11.4. The Hall–Kier alpha value is -3.29. The Labute approximate surface area is 143 Å². The number of aryl methyl sites for hydroxylation is 2. The summed E-state index contributed by atoms with van der Waals surface area (Å²) in [6.07, 6.45) is 1.40. The Bertz CT molecular complexity index is 873. The summed E-state index contributed by atoms with van der Waals surface area (Å²) in [7, 11) is 1.32. The number of hydrogen-bond acceptors (Lipinski definition) is 8. The van der Waals surface area contributed by atoms with E-state index in [2.05, 4.69) is 25.1 Å². The van der Waals surface area contributed by atoms with Gasteiger partial charge in [-0.05, 0) is 32.0 Å². The molecule has 0 radical (unpaired) electrons. The molecular formula is C17H16N4O4. The van der Waals surface area contributed by atoms with Crippen molar-refractivity contribution in [3.63, 3.8) is 0 Å². The lowest BCUT2D eigenvalue weighted by Gasteiger charge is -2.06. The predicted molar refractivity (Wildman–Crippen MR) is 86.9 cm³/mol. The lowest BCUT2D eigenvalue weighted by atomic mass is 10.1. The van der Waals surface area contributed by atoms with Crippen LogP contribution in [0, 0.1) is 13.8 Å². The number of nitrogens with zero attached hydrogens (tertiary/aromatic N) is 4. The van der Waals surface area contributed by atoms with Crippen molar-refractivity contribution in [1.82, 2.24) is 20.3 Å². The highest BCUT2D eigenvalue weighted by molar-refractivity contribution is 5.88. The molecule has 8 nitrogen and oxygen atoms in total. The molecule has 25 heavy (non-hydrogen) atoms. The summed E-state index contributed by atoms with van der Waals surface area (Å²) < 4.78 is 15.6. The summed E-state index contributed by atoms with van der Waals surface area (Å²) in [5.74, 6) is 0.548. The molecule has 3 heterocycles. The summed E-state index contributed by atoms with van der Waals surface area (Å²) >= 11 is 0. The molecule has 0 aliphatic heterocycles. The van der Waals surface area contributed by atoms with Crippen LogP contribution in [0.3, 0.4) is 0 Å². The molecule has 0 bridgehead atoms. The van der Waals surface area contributed by atoms with Crippen LogP contribution in [-0.4, -0.2) is 33.4 Å². The molecule has 8 heteroatoms. The van der Waals surface area contributed by atoms with Gasteiger partial charge in [0.25, 0.3) is 0 Å². The zero-order valence-electron chi connectivity index (χ0n) is 14.0. The maximum atomic E-state index is 11.4. The first-order valence-corrected chi connectivity index (χ1v) is 7.51. The van der Waals surface area contributed by atoms with E-state index in [1.165, 1.54) is 13.3 Å². The maximum Gasteiger partial charge on any atom is 0.339 e. The summed E-state index contributed by atoms with van der Waals surface area (Å²) in [5, 5.41) is 12.2. The Balaban J connectivity index is 1.76. The van der Waals surface area contributed by atoms with Crippen molar-refractivity contribution in [2.45, 2.75) is 20.5 Å². The van der Waals surface area contributed by atoms with Crippen LogP contribution in [-0.2, 0) is 11.3 Å². The zero-order chi connectivity index (χ0) is 17.8. The topological polar surface area (TPSA) is 100 Å². The van der Waals surface area contributed by atoms with Crippen LogP contribution in [0.5, 0.6) is 5.88 Å². The number of methoxy groups -OCH3 is 1. The van der Waals surface area contributed by atoms with Gasteiger partial charge in [0.05, 0.1) is 23.9 Å². The lowest BCUT2D eigenvalue weighted by molar-refractivity contribution is 0.0600. The van der Waals surface area contributed by atoms with Crippen molar-refractivity contribution >= 4 is 5.97 Å². The first kappa shape index (κ1) is 16.6. The second-order valence-electron chi connectivity index (χ2n) is 5.29. The average molecular weight is 340 g/mol. The van der Waals surface area contributed by atoms with Crippen LogP contribution in [0.25, 0.3) is 11.4 Å². The molecule has 3 rings (SSSR count). The molecule has 0 fully saturated rings. The van der Waals surface area contributed by atoms with E-state index in [1.807, 2.05) is 19.1 Å². The Morgan fingerprint density at radius 1 is 1.16 bits per heavy atom. The third-order valence-corrected chi connectivity index (χ3v) is 3.55. The van der Waals surface area contributed by atoms with Crippen molar-refractivity contribution < 1.29 is 18.8 Å². The first-order valence-electron chi connectivity index (χ1n) is 7.51. The van der Waals surface area contributed by atoms with Gasteiger partial charge < -0.3 is 14.0 Å². The quantitative estimate of drug-likeness (QED) is 0.653. The standard InChI is InChI=1S/C17H16N4O4/c1-10-4-6-14(20-19-10)16-13(11(2)25-21-16)9-24-15-7-5-12(8-18-15)17(22)23-3/h4-8H,9H2,1-3H3. The van der Waals surface area contributed by atoms with E-state index in [4.69, 9.17) is 9.26 Å². The minimum absolute atomic E-state index is 0.199. The van der Waals surface area contributed by atoms with E-state index < -0.39 is 5.97 Å². The van der Waals surface area contributed by atoms with Gasteiger partial charge >= 0.3 is 5.97 Å². The Kier molecular flexibility index (Phi) is 4.69. The number of hydrogen-bond donors (Lipinski definition) is 0. The van der Waals surface area contributed by atoms with Gasteiger partial charge in [0.2, 0.25) is 5.88 Å². The molecule has 3 aromatic rings. The van der Waals surface area contributed by atoms with E-state index >= 15 is 0 Å². The van der Waals surface area contributed by atoms with Gasteiger partial charge in [0.1, 0.15) is 23.8 Å². The van der Waals surface area contributed by atoms with E-state index in [0.717, 1.165) is 11.3 Å². The molecule has 0 spiro atoms. The zero-order valence-corrected chi connectivity index (χ0v) is 14.0. The molecule has 0 amide bonds. The number of pyridine rings is 1. The van der Waals surface area contributed by atoms with Crippen LogP contribution >= 0.6 is 0 Å². The second kappa shape index (κ2) is 7.08. The Morgan fingerprint density at radius 2 is 2.00 bits per heavy atom. The number of carbonyl (C=O) groups excluding carboxylic acids is 1. The number of aromatic nitrogens is 4. The van der Waals surface area contributed by atoms with Gasteiger partial charge in [-0.15, -0.1) is 5.10 Å². The van der Waals surface area contributed by atoms with Crippen LogP contribution in [0.2, 0.25) is 0 Å². The largest absolute Gasteiger partial charge is 0.473 e. The number of esters is 1. The van der Waals surface area contributed by atoms with Gasteiger partial charge in [0.15, 0.2) is 0 Å². The monoisotopic (exact) mass is 340 g/mol. The van der Waals surface area contributed by atoms with E-state index in [0.29, 0.717) is 28.6 Å². The van der Waals surface area contributed by atoms with Crippen LogP contribution in [0.4, 0.5) is 0 Å². The van der Waals surface area contributed by atoms with Crippen molar-refractivity contribution in [2.24, 2.45) is 0 Å². The normalized spacial score (nSPS) is 10.5. The lowest BCUT2D eigenvalue weighted by Crippen LogP contribution is -2.04. The SMILES string of the molecule is COC(=O)c1ccc(OCc2c(-c3ccc(C)nn3)noc2C)nc1. The molecule has 0 unspecified atom stereocenters. The van der Waals surface area contributed by atoms with Gasteiger partial charge in [-0.3, -0.25) is 0 Å². The van der Waals surface area contributed by atoms with Gasteiger partial charge in [-0.25, -0.2) is 9.78 Å². The van der Waals surface area contributed by atoms with Crippen LogP contribution < -0.4 is 4.74 Å². The molecule has 128 valence electrons. The predicted octanol–water partition coefficient (Wildman–Crippen LogP) is 2.51. The summed E-state index contributed by atoms with van der Waals surface area (Å²) in [6.45, 7) is 3.86. The molecule has 0 aromatic carbocycles. The van der Waals surface area contributed by atoms with Gasteiger partial charge in [-0.1, -0.05) is 5.16 Å². The molecule has 0 saturated carbocycles. The molecule has 0 N–H and O–H groups in total. The highest BCUT2D eigenvalue weighted by Gasteiger charge is 2.17. The smallest absolute Gasteiger partial charge is 0.339 e. The van der Waals surface area contributed by atoms with Crippen molar-refractivity contribution in [1.29, 1.82) is 0 Å². The van der Waals surface area contributed by atoms with Crippen molar-refractivity contribution in [3.05, 3.63) is 53.0 Å². The number of ether oxygens (including phenoxy) is 2. The van der Waals surface area contributed by atoms with Gasteiger partial charge in [-0.2, -0.15) is 5.10 Å². The third-order valence-electron chi connectivity index (χ3n) is 3.55. The molecule has 0 aliphatic carbocycles. The van der Waals surface area contributed by atoms with Crippen LogP contribution in [0.1, 0.15) is 27.4 Å². The number of carbonyl (C=O) groups is 1. The Morgan fingerprint density at radius 3 is 2.64 bits per heavy atom. The number of rotatable bonds is 5. The molecule has 0 saturated heterocycles. The first-order chi connectivity index (χ1) is 12.1. The highest BCUT2D eigenvalue weighted by Crippen LogP contribution is 2.24. The third kappa shape index (κ3) is 3.63. The van der Waals surface area contributed by atoms with Crippen LogP contribution in [0.15, 0.2) is 35.0 Å². The van der Waals surface area contributed by atoms with E-state index in [1.54, 1.807) is 19.1 Å². The fraction of sp³-hybridized carbons (Fsp3) is 0.235. The van der Waals surface area contributed by atoms with E-state index in [9.17, 15) is 4.79 Å². The minimum Gasteiger partial charge on any atom is -0.473 e. The highest BCUT2D eigenvalue weighted by atomic mass is 16.5. The summed E-state index contributed by atoms with van der Waals surface area (Å²) in [5.41, 5.74) is 3.12. The van der Waals surface area contributed by atoms with Crippen molar-refractivity contribution in [3.8, 4) is 17.3 Å². The molecule has 3 aromatic heterocycles. The van der Waals surface area contributed by atoms with E-state index in [-0.39, 0.29) is 6.61 Å². The summed E-state index contributed by atoms with van der Waals surface area (Å²) in [4.78, 5) is 15.5. The molecular weight excluding hydrogens is 324 g/mol. The van der Waals surface area contributed by atoms with Crippen molar-refractivity contribution in [2.75, 3.05) is 7.11 Å². The second-order valence-corrected chi connectivity index (χ2v) is 5.29. The fourth-order valence-electron chi connectivity index (χ4n) is 2.14. The van der Waals surface area contributed by atoms with Gasteiger partial charge in [0, 0.05) is 12.3 Å². The fourth-order valence-corrected chi connectivity index (χ4v) is 2.14.